The smallest absolute Gasteiger partial charge is 0.326 e. The maximum atomic E-state index is 12.8. The van der Waals surface area contributed by atoms with Crippen LogP contribution < -0.4 is 15.0 Å². The summed E-state index contributed by atoms with van der Waals surface area (Å²) in [5.74, 6) is 0.192. The van der Waals surface area contributed by atoms with Crippen LogP contribution >= 0.6 is 0 Å². The average Bonchev–Trinajstić information content (AvgIpc) is 3.40. The number of fused-ring (bicyclic) bond motifs is 3. The number of carboxylic acid groups (broad SMARTS) is 1. The highest BCUT2D eigenvalue weighted by molar-refractivity contribution is 6.06. The summed E-state index contributed by atoms with van der Waals surface area (Å²) in [6.07, 6.45) is 0.491. The number of nitrogens with zero attached hydrogens (tertiary/aromatic N) is 3. The molecule has 0 bridgehead atoms. The van der Waals surface area contributed by atoms with Gasteiger partial charge in [0, 0.05) is 18.4 Å². The van der Waals surface area contributed by atoms with E-state index in [1.54, 1.807) is 31.1 Å². The summed E-state index contributed by atoms with van der Waals surface area (Å²) >= 11 is 0. The molecule has 1 amide bonds. The van der Waals surface area contributed by atoms with Crippen molar-refractivity contribution in [2.75, 3.05) is 23.9 Å². The molecule has 1 aliphatic rings. The summed E-state index contributed by atoms with van der Waals surface area (Å²) in [7, 11) is 1.54. The number of para-hydroxylation sites is 3. The minimum atomic E-state index is -0.965. The van der Waals surface area contributed by atoms with Crippen LogP contribution in [0, 0.1) is 12.8 Å². The summed E-state index contributed by atoms with van der Waals surface area (Å²) in [6.45, 7) is 2.13. The van der Waals surface area contributed by atoms with Gasteiger partial charge in [0.2, 0.25) is 5.91 Å². The van der Waals surface area contributed by atoms with E-state index in [9.17, 15) is 14.7 Å². The number of carbonyl (C=O) groups is 2. The van der Waals surface area contributed by atoms with E-state index in [1.165, 1.54) is 0 Å². The van der Waals surface area contributed by atoms with Crippen molar-refractivity contribution in [3.63, 3.8) is 0 Å². The lowest BCUT2D eigenvalue weighted by Gasteiger charge is -2.22. The summed E-state index contributed by atoms with van der Waals surface area (Å²) in [6, 6.07) is 13.9. The second-order valence-electron chi connectivity index (χ2n) is 8.43. The molecule has 9 heteroatoms. The zero-order chi connectivity index (χ0) is 23.8. The van der Waals surface area contributed by atoms with Crippen LogP contribution in [0.2, 0.25) is 0 Å². The molecule has 2 N–H and O–H groups in total. The second kappa shape index (κ2) is 8.66. The minimum absolute atomic E-state index is 0.172. The maximum Gasteiger partial charge on any atom is 0.326 e. The third-order valence-electron chi connectivity index (χ3n) is 6.11. The number of hydrogen-bond acceptors (Lipinski definition) is 7. The van der Waals surface area contributed by atoms with E-state index in [0.29, 0.717) is 52.7 Å². The molecule has 2 aromatic carbocycles. The molecule has 9 nitrogen and oxygen atoms in total. The Morgan fingerprint density at radius 2 is 1.94 bits per heavy atom. The van der Waals surface area contributed by atoms with Crippen molar-refractivity contribution < 1.29 is 23.8 Å². The van der Waals surface area contributed by atoms with Crippen LogP contribution in [0.1, 0.15) is 18.7 Å². The van der Waals surface area contributed by atoms with Crippen LogP contribution in [-0.4, -0.2) is 46.6 Å². The molecular formula is C25H24N4O5. The van der Waals surface area contributed by atoms with Crippen molar-refractivity contribution in [3.05, 3.63) is 54.4 Å². The zero-order valence-electron chi connectivity index (χ0n) is 18.8. The van der Waals surface area contributed by atoms with Crippen LogP contribution in [0.4, 0.5) is 11.5 Å². The number of carboxylic acids is 1. The van der Waals surface area contributed by atoms with E-state index in [0.717, 1.165) is 5.39 Å². The quantitative estimate of drug-likeness (QED) is 0.443. The molecule has 34 heavy (non-hydrogen) atoms. The van der Waals surface area contributed by atoms with Gasteiger partial charge in [-0.05, 0) is 43.5 Å². The van der Waals surface area contributed by atoms with Crippen LogP contribution in [0.3, 0.4) is 0 Å². The third-order valence-corrected chi connectivity index (χ3v) is 6.11. The Kier molecular flexibility index (Phi) is 5.53. The van der Waals surface area contributed by atoms with Crippen LogP contribution in [0.25, 0.3) is 22.1 Å². The average molecular weight is 460 g/mol. The van der Waals surface area contributed by atoms with Crippen molar-refractivity contribution in [1.82, 2.24) is 9.97 Å². The van der Waals surface area contributed by atoms with Gasteiger partial charge in [-0.2, -0.15) is 0 Å². The first-order chi connectivity index (χ1) is 16.4. The number of nitrogens with one attached hydrogen (secondary N) is 1. The Bertz CT molecular complexity index is 1400. The first-order valence-corrected chi connectivity index (χ1v) is 11.0. The molecular weight excluding hydrogens is 436 g/mol. The Labute approximate surface area is 195 Å². The predicted octanol–water partition coefficient (Wildman–Crippen LogP) is 4.00. The fourth-order valence-electron chi connectivity index (χ4n) is 4.63. The van der Waals surface area contributed by atoms with E-state index in [-0.39, 0.29) is 18.2 Å². The molecule has 0 unspecified atom stereocenters. The predicted molar refractivity (Wildman–Crippen MR) is 127 cm³/mol. The lowest BCUT2D eigenvalue weighted by molar-refractivity contribution is -0.138. The largest absolute Gasteiger partial charge is 0.495 e. The molecule has 3 heterocycles. The molecule has 1 fully saturated rings. The van der Waals surface area contributed by atoms with E-state index in [2.05, 4.69) is 15.3 Å². The number of methoxy groups -OCH3 is 1. The third kappa shape index (κ3) is 3.89. The standard InChI is InChI=1S/C25H24N4O5/c1-14-26-22-16-7-3-5-9-19(16)34-23(22)24(27-14)29-13-15(11-18(29)25(31)32)12-21(30)28-17-8-4-6-10-20(17)33-2/h3-10,15,18H,11-13H2,1-2H3,(H,28,30)(H,31,32)/t15-,18+/m1/s1. The molecule has 1 saturated heterocycles. The Hall–Kier alpha value is -4.14. The highest BCUT2D eigenvalue weighted by Crippen LogP contribution is 2.38. The van der Waals surface area contributed by atoms with Crippen LogP contribution in [-0.2, 0) is 9.59 Å². The Balaban J connectivity index is 1.43. The zero-order valence-corrected chi connectivity index (χ0v) is 18.8. The van der Waals surface area contributed by atoms with E-state index >= 15 is 0 Å². The molecule has 0 aliphatic carbocycles. The van der Waals surface area contributed by atoms with Crippen molar-refractivity contribution in [2.45, 2.75) is 25.8 Å². The molecule has 1 aliphatic heterocycles. The first kappa shape index (κ1) is 21.7. The Morgan fingerprint density at radius 1 is 1.18 bits per heavy atom. The summed E-state index contributed by atoms with van der Waals surface area (Å²) in [5.41, 5.74) is 2.35. The van der Waals surface area contributed by atoms with Crippen molar-refractivity contribution in [1.29, 1.82) is 0 Å². The highest BCUT2D eigenvalue weighted by Gasteiger charge is 2.40. The monoisotopic (exact) mass is 460 g/mol. The van der Waals surface area contributed by atoms with Gasteiger partial charge in [-0.1, -0.05) is 24.3 Å². The second-order valence-corrected chi connectivity index (χ2v) is 8.43. The van der Waals surface area contributed by atoms with Gasteiger partial charge in [-0.3, -0.25) is 4.79 Å². The number of ether oxygens (including phenoxy) is 1. The fraction of sp³-hybridized carbons (Fsp3) is 0.280. The lowest BCUT2D eigenvalue weighted by atomic mass is 10.0. The van der Waals surface area contributed by atoms with Gasteiger partial charge in [0.1, 0.15) is 28.7 Å². The molecule has 0 radical (unpaired) electrons. The van der Waals surface area contributed by atoms with Gasteiger partial charge in [0.25, 0.3) is 0 Å². The number of hydrogen-bond donors (Lipinski definition) is 2. The summed E-state index contributed by atoms with van der Waals surface area (Å²) in [5, 5.41) is 13.7. The van der Waals surface area contributed by atoms with Crippen molar-refractivity contribution in [3.8, 4) is 5.75 Å². The van der Waals surface area contributed by atoms with Gasteiger partial charge >= 0.3 is 5.97 Å². The number of aromatic nitrogens is 2. The van der Waals surface area contributed by atoms with Crippen molar-refractivity contribution in [2.24, 2.45) is 5.92 Å². The van der Waals surface area contributed by atoms with E-state index in [1.807, 2.05) is 36.4 Å². The maximum absolute atomic E-state index is 12.8. The summed E-state index contributed by atoms with van der Waals surface area (Å²) < 4.78 is 11.3. The number of aliphatic carboxylic acids is 1. The molecule has 0 saturated carbocycles. The fourth-order valence-corrected chi connectivity index (χ4v) is 4.63. The van der Waals surface area contributed by atoms with Crippen LogP contribution in [0.15, 0.2) is 52.9 Å². The van der Waals surface area contributed by atoms with Gasteiger partial charge in [-0.25, -0.2) is 14.8 Å². The number of amides is 1. The normalized spacial score (nSPS) is 17.9. The van der Waals surface area contributed by atoms with Crippen LogP contribution in [0.5, 0.6) is 5.75 Å². The van der Waals surface area contributed by atoms with Gasteiger partial charge in [0.05, 0.1) is 12.8 Å². The molecule has 2 aromatic heterocycles. The molecule has 4 aromatic rings. The number of anilines is 2. The highest BCUT2D eigenvalue weighted by atomic mass is 16.5. The molecule has 5 rings (SSSR count). The van der Waals surface area contributed by atoms with Gasteiger partial charge < -0.3 is 24.5 Å². The topological polar surface area (TPSA) is 118 Å². The number of aryl methyl sites for hydroxylation is 1. The van der Waals surface area contributed by atoms with E-state index < -0.39 is 12.0 Å². The van der Waals surface area contributed by atoms with Gasteiger partial charge in [-0.15, -0.1) is 0 Å². The van der Waals surface area contributed by atoms with E-state index in [4.69, 9.17) is 9.15 Å². The SMILES string of the molecule is COc1ccccc1NC(=O)C[C@H]1C[C@@H](C(=O)O)N(c2nc(C)nc3c2oc2ccccc23)C1. The van der Waals surface area contributed by atoms with Gasteiger partial charge in [0.15, 0.2) is 11.4 Å². The summed E-state index contributed by atoms with van der Waals surface area (Å²) in [4.78, 5) is 35.7. The van der Waals surface area contributed by atoms with Crippen molar-refractivity contribution >= 4 is 45.5 Å². The number of carbonyl (C=O) groups excluding carboxylic acids is 1. The lowest BCUT2D eigenvalue weighted by Crippen LogP contribution is -2.36. The molecule has 0 spiro atoms. The molecule has 174 valence electrons. The number of furan rings is 1. The Morgan fingerprint density at radius 3 is 2.74 bits per heavy atom. The first-order valence-electron chi connectivity index (χ1n) is 11.0. The number of benzene rings is 2. The minimum Gasteiger partial charge on any atom is -0.495 e. The number of rotatable bonds is 6. The molecule has 2 atom stereocenters.